The van der Waals surface area contributed by atoms with Crippen LogP contribution in [0.15, 0.2) is 53.7 Å². The van der Waals surface area contributed by atoms with E-state index < -0.39 is 35.7 Å². The fourth-order valence-electron chi connectivity index (χ4n) is 5.47. The summed E-state index contributed by atoms with van der Waals surface area (Å²) in [4.78, 5) is 28.2. The van der Waals surface area contributed by atoms with Gasteiger partial charge in [0, 0.05) is 31.3 Å². The van der Waals surface area contributed by atoms with E-state index in [0.717, 1.165) is 53.0 Å². The first-order valence-corrected chi connectivity index (χ1v) is 13.9. The number of hydrogen-bond donors (Lipinski definition) is 2. The molecule has 2 aromatic rings. The second-order valence-corrected chi connectivity index (χ2v) is 11.2. The molecule has 1 aliphatic rings. The highest BCUT2D eigenvalue weighted by atomic mass is 19.4. The van der Waals surface area contributed by atoms with E-state index in [2.05, 4.69) is 20.2 Å². The highest BCUT2D eigenvalue weighted by Gasteiger charge is 2.44. The van der Waals surface area contributed by atoms with Crippen molar-refractivity contribution >= 4 is 23.6 Å². The van der Waals surface area contributed by atoms with Crippen LogP contribution in [0, 0.1) is 16.7 Å². The number of primary amides is 1. The third-order valence-electron chi connectivity index (χ3n) is 7.66. The average molecular weight is 616 g/mol. The summed E-state index contributed by atoms with van der Waals surface area (Å²) in [6.45, 7) is 3.78. The lowest BCUT2D eigenvalue weighted by Crippen LogP contribution is -2.55. The Morgan fingerprint density at radius 3 is 2.39 bits per heavy atom. The summed E-state index contributed by atoms with van der Waals surface area (Å²) in [5, 5.41) is 18.6. The predicted octanol–water partition coefficient (Wildman–Crippen LogP) is 4.95. The molecule has 0 aromatic heterocycles. The van der Waals surface area contributed by atoms with Gasteiger partial charge in [-0.15, -0.1) is 0 Å². The minimum atomic E-state index is -4.67. The maximum Gasteiger partial charge on any atom is 0.416 e. The zero-order valence-corrected chi connectivity index (χ0v) is 25.5. The van der Waals surface area contributed by atoms with Gasteiger partial charge in [0.25, 0.3) is 0 Å². The van der Waals surface area contributed by atoms with Crippen molar-refractivity contribution in [3.63, 3.8) is 0 Å². The fraction of sp³-hybridized carbons (Fsp3) is 0.419. The number of nitrogens with zero attached hydrogens (tertiary/aromatic N) is 4. The molecule has 0 saturated heterocycles. The number of nitrogens with two attached hydrogens (primary N) is 1. The van der Waals surface area contributed by atoms with Gasteiger partial charge in [-0.25, -0.2) is 9.59 Å². The molecule has 13 heteroatoms. The largest absolute Gasteiger partial charge is 0.466 e. The van der Waals surface area contributed by atoms with Crippen LogP contribution in [-0.4, -0.2) is 75.4 Å². The number of quaternary nitrogens is 1. The Morgan fingerprint density at radius 1 is 1.11 bits per heavy atom. The number of nitrogens with one attached hydrogen (secondary N) is 1. The lowest BCUT2D eigenvalue weighted by atomic mass is 9.87. The van der Waals surface area contributed by atoms with E-state index in [1.54, 1.807) is 19.2 Å². The van der Waals surface area contributed by atoms with Crippen LogP contribution < -0.4 is 10.6 Å². The van der Waals surface area contributed by atoms with Gasteiger partial charge in [-0.3, -0.25) is 15.2 Å². The van der Waals surface area contributed by atoms with Gasteiger partial charge in [0.2, 0.25) is 5.96 Å². The van der Waals surface area contributed by atoms with Gasteiger partial charge in [-0.1, -0.05) is 12.1 Å². The summed E-state index contributed by atoms with van der Waals surface area (Å²) < 4.78 is 51.7. The topological polar surface area (TPSA) is 133 Å². The predicted molar refractivity (Wildman–Crippen MR) is 158 cm³/mol. The molecule has 10 nitrogen and oxygen atoms in total. The van der Waals surface area contributed by atoms with E-state index in [1.807, 2.05) is 0 Å². The summed E-state index contributed by atoms with van der Waals surface area (Å²) in [6, 6.07) is 8.81. The highest BCUT2D eigenvalue weighted by Crippen LogP contribution is 2.42. The zero-order chi connectivity index (χ0) is 32.8. The van der Waals surface area contributed by atoms with Crippen LogP contribution >= 0.6 is 0 Å². The Hall–Kier alpha value is -4.41. The molecule has 3 rings (SSSR count). The number of rotatable bonds is 11. The first-order valence-electron chi connectivity index (χ1n) is 13.9. The van der Waals surface area contributed by atoms with Crippen LogP contribution in [0.1, 0.15) is 48.1 Å². The number of esters is 1. The van der Waals surface area contributed by atoms with Crippen molar-refractivity contribution in [1.29, 1.82) is 10.7 Å². The maximum absolute atomic E-state index is 13.6. The number of amides is 2. The molecule has 2 amide bonds. The van der Waals surface area contributed by atoms with Crippen LogP contribution in [0.3, 0.4) is 0 Å². The van der Waals surface area contributed by atoms with Gasteiger partial charge in [0.05, 0.1) is 63.7 Å². The normalized spacial score (nSPS) is 15.8. The Bertz CT molecular complexity index is 1480. The van der Waals surface area contributed by atoms with Crippen molar-refractivity contribution < 1.29 is 36.7 Å². The van der Waals surface area contributed by atoms with Crippen molar-refractivity contribution in [3.8, 4) is 6.07 Å². The van der Waals surface area contributed by atoms with E-state index >= 15 is 0 Å². The van der Waals surface area contributed by atoms with Crippen LogP contribution in [0.4, 0.5) is 23.7 Å². The van der Waals surface area contributed by atoms with Gasteiger partial charge in [-0.2, -0.15) is 18.4 Å². The van der Waals surface area contributed by atoms with Crippen LogP contribution in [-0.2, 0) is 26.9 Å². The monoisotopic (exact) mass is 615 g/mol. The number of nitriles is 1. The molecule has 2 aromatic carbocycles. The van der Waals surface area contributed by atoms with Crippen molar-refractivity contribution in [2.24, 2.45) is 5.73 Å². The molecule has 236 valence electrons. The molecule has 44 heavy (non-hydrogen) atoms. The van der Waals surface area contributed by atoms with E-state index in [4.69, 9.17) is 20.6 Å². The van der Waals surface area contributed by atoms with E-state index in [1.165, 1.54) is 25.1 Å². The molecule has 0 bridgehead atoms. The number of hydrogen-bond acceptors (Lipinski definition) is 6. The molecule has 0 fully saturated rings. The molecule has 0 spiro atoms. The highest BCUT2D eigenvalue weighted by molar-refractivity contribution is 6.10. The smallest absolute Gasteiger partial charge is 0.416 e. The summed E-state index contributed by atoms with van der Waals surface area (Å²) in [6.07, 6.45) is -2.63. The van der Waals surface area contributed by atoms with Crippen LogP contribution in [0.2, 0.25) is 0 Å². The number of ether oxygens (including phenoxy) is 2. The molecule has 0 aliphatic carbocycles. The van der Waals surface area contributed by atoms with Gasteiger partial charge in [-0.05, 0) is 54.8 Å². The molecule has 0 saturated carbocycles. The molecule has 1 aliphatic heterocycles. The van der Waals surface area contributed by atoms with Gasteiger partial charge < -0.3 is 19.7 Å². The lowest BCUT2D eigenvalue weighted by molar-refractivity contribution is -0.890. The second kappa shape index (κ2) is 13.9. The molecular formula is C31H38F3N6O4+. The van der Waals surface area contributed by atoms with E-state index in [0.29, 0.717) is 36.1 Å². The number of aryl methyl sites for hydroxylation is 1. The Morgan fingerprint density at radius 2 is 1.80 bits per heavy atom. The van der Waals surface area contributed by atoms with Crippen molar-refractivity contribution in [1.82, 2.24) is 4.90 Å². The average Bonchev–Trinajstić information content (AvgIpc) is 2.96. The quantitative estimate of drug-likeness (QED) is 0.209. The number of allylic oxidation sites excluding steroid dienone is 1. The number of guanidine groups is 1. The minimum Gasteiger partial charge on any atom is -0.466 e. The molecule has 1 heterocycles. The second-order valence-electron chi connectivity index (χ2n) is 11.2. The first kappa shape index (κ1) is 34.1. The molecule has 0 radical (unpaired) electrons. The summed E-state index contributed by atoms with van der Waals surface area (Å²) in [7, 11) is 7.00. The summed E-state index contributed by atoms with van der Waals surface area (Å²) in [5.41, 5.74) is 6.20. The summed E-state index contributed by atoms with van der Waals surface area (Å²) >= 11 is 0. The minimum absolute atomic E-state index is 0.0821. The molecule has 3 N–H and O–H groups in total. The number of urea groups is 1. The van der Waals surface area contributed by atoms with Crippen molar-refractivity contribution in [3.05, 3.63) is 76.0 Å². The maximum atomic E-state index is 13.6. The van der Waals surface area contributed by atoms with E-state index in [9.17, 15) is 28.0 Å². The number of anilines is 1. The third kappa shape index (κ3) is 7.56. The number of carbonyl (C=O) groups excluding carboxylic acids is 2. The number of methoxy groups -OCH3 is 2. The van der Waals surface area contributed by atoms with Crippen LogP contribution in [0.5, 0.6) is 0 Å². The van der Waals surface area contributed by atoms with Gasteiger partial charge in [0.1, 0.15) is 6.04 Å². The Balaban J connectivity index is 2.17. The molecule has 1 atom stereocenters. The molecule has 0 unspecified atom stereocenters. The SMILES string of the molecule is COCCC[N+](C)(C)CCCc1cc(C#N)ccc1[C@@H]1C(C(=O)OC)=C(C)N(c2cccc(C(F)(F)F)c2)C(=N)N1C(N)=O. The van der Waals surface area contributed by atoms with Crippen molar-refractivity contribution in [2.75, 3.05) is 52.9 Å². The lowest BCUT2D eigenvalue weighted by Gasteiger charge is -2.43. The standard InChI is InChI=1S/C31H37F3N6O4/c1-20-26(28(41)44-5)27(39(30(37)42)29(36)38(20)24-11-6-10-23(18-24)31(32,33)34)25-13-12-21(19-35)17-22(25)9-7-14-40(2,3)15-8-16-43-4/h6,10-13,17-18,27,36H,7-9,14-16H2,1-5H3,(H-,37,42)/p+1/t27-/m1/s1. The Kier molecular flexibility index (Phi) is 10.8. The number of carbonyl (C=O) groups is 2. The summed E-state index contributed by atoms with van der Waals surface area (Å²) in [5.74, 6) is -1.40. The number of benzene rings is 2. The van der Waals surface area contributed by atoms with Crippen molar-refractivity contribution in [2.45, 2.75) is 38.4 Å². The van der Waals surface area contributed by atoms with Crippen LogP contribution in [0.25, 0.3) is 0 Å². The van der Waals surface area contributed by atoms with Gasteiger partial charge >= 0.3 is 18.2 Å². The Labute approximate surface area is 255 Å². The van der Waals surface area contributed by atoms with E-state index in [-0.39, 0.29) is 17.0 Å². The number of alkyl halides is 3. The zero-order valence-electron chi connectivity index (χ0n) is 25.5. The molecular weight excluding hydrogens is 577 g/mol. The fourth-order valence-corrected chi connectivity index (χ4v) is 5.47. The first-order chi connectivity index (χ1) is 20.7. The number of halogens is 3. The van der Waals surface area contributed by atoms with Gasteiger partial charge in [0.15, 0.2) is 0 Å². The third-order valence-corrected chi connectivity index (χ3v) is 7.66.